The Hall–Kier alpha value is -0.790. The Bertz CT molecular complexity index is 193. The van der Waals surface area contributed by atoms with Gasteiger partial charge in [0.15, 0.2) is 6.39 Å². The van der Waals surface area contributed by atoms with Gasteiger partial charge in [-0.3, -0.25) is 0 Å². The Morgan fingerprint density at radius 2 is 2.30 bits per heavy atom. The van der Waals surface area contributed by atoms with Crippen LogP contribution in [0.4, 0.5) is 0 Å². The molecule has 0 aliphatic rings. The smallest absolute Gasteiger partial charge is 0.181 e. The summed E-state index contributed by atoms with van der Waals surface area (Å²) in [5.74, 6) is 1.06. The molecule has 0 aliphatic heterocycles. The van der Waals surface area contributed by atoms with Crippen LogP contribution >= 0.6 is 0 Å². The molecule has 56 valence electrons. The molecule has 10 heavy (non-hydrogen) atoms. The molecule has 1 aromatic heterocycles. The zero-order chi connectivity index (χ0) is 7.40. The molecular weight excluding hydrogens is 126 g/mol. The summed E-state index contributed by atoms with van der Waals surface area (Å²) in [5, 5.41) is 0. The molecule has 0 fully saturated rings. The number of hydrogen-bond acceptors (Lipinski definition) is 2. The molecule has 0 N–H and O–H groups in total. The zero-order valence-electron chi connectivity index (χ0n) is 6.55. The third-order valence-corrected chi connectivity index (χ3v) is 1.54. The molecule has 2 nitrogen and oxygen atoms in total. The van der Waals surface area contributed by atoms with E-state index in [0.717, 1.165) is 30.7 Å². The molecule has 0 saturated carbocycles. The van der Waals surface area contributed by atoms with E-state index in [1.807, 2.05) is 0 Å². The molecular formula is C8H13NO. The van der Waals surface area contributed by atoms with Gasteiger partial charge in [-0.1, -0.05) is 13.8 Å². The summed E-state index contributed by atoms with van der Waals surface area (Å²) in [4.78, 5) is 4.09. The summed E-state index contributed by atoms with van der Waals surface area (Å²) in [6, 6.07) is 0. The number of aryl methyl sites for hydroxylation is 2. The van der Waals surface area contributed by atoms with E-state index in [1.165, 1.54) is 6.39 Å². The van der Waals surface area contributed by atoms with Gasteiger partial charge in [0.05, 0.1) is 5.69 Å². The predicted molar refractivity (Wildman–Crippen MR) is 39.9 cm³/mol. The number of oxazole rings is 1. The topological polar surface area (TPSA) is 26.0 Å². The molecule has 0 aromatic carbocycles. The van der Waals surface area contributed by atoms with E-state index < -0.39 is 0 Å². The lowest BCUT2D eigenvalue weighted by atomic mass is 10.2. The van der Waals surface area contributed by atoms with Gasteiger partial charge >= 0.3 is 0 Å². The van der Waals surface area contributed by atoms with Crippen molar-refractivity contribution in [3.05, 3.63) is 17.8 Å². The largest absolute Gasteiger partial charge is 0.448 e. The van der Waals surface area contributed by atoms with Crippen LogP contribution in [0.1, 0.15) is 31.7 Å². The molecule has 0 radical (unpaired) electrons. The maximum Gasteiger partial charge on any atom is 0.181 e. The van der Waals surface area contributed by atoms with Crippen molar-refractivity contribution in [2.75, 3.05) is 0 Å². The Balaban J connectivity index is 2.70. The van der Waals surface area contributed by atoms with E-state index in [1.54, 1.807) is 0 Å². The standard InChI is InChI=1S/C8H13NO/c1-3-5-8-7(4-2)9-6-10-8/h6H,3-5H2,1-2H3. The summed E-state index contributed by atoms with van der Waals surface area (Å²) in [6.45, 7) is 4.24. The van der Waals surface area contributed by atoms with Crippen molar-refractivity contribution in [2.24, 2.45) is 0 Å². The Morgan fingerprint density at radius 3 is 2.90 bits per heavy atom. The third kappa shape index (κ3) is 1.38. The van der Waals surface area contributed by atoms with Crippen molar-refractivity contribution in [3.63, 3.8) is 0 Å². The van der Waals surface area contributed by atoms with E-state index in [4.69, 9.17) is 4.42 Å². The SMILES string of the molecule is CCCc1ocnc1CC. The van der Waals surface area contributed by atoms with Crippen molar-refractivity contribution in [1.29, 1.82) is 0 Å². The van der Waals surface area contributed by atoms with Crippen LogP contribution in [0, 0.1) is 0 Å². The molecule has 0 aliphatic carbocycles. The van der Waals surface area contributed by atoms with Crippen molar-refractivity contribution < 1.29 is 4.42 Å². The van der Waals surface area contributed by atoms with Crippen molar-refractivity contribution in [1.82, 2.24) is 4.98 Å². The molecule has 2 heteroatoms. The van der Waals surface area contributed by atoms with Gasteiger partial charge in [-0.2, -0.15) is 0 Å². The van der Waals surface area contributed by atoms with Gasteiger partial charge in [-0.05, 0) is 12.8 Å². The number of aromatic nitrogens is 1. The highest BCUT2D eigenvalue weighted by atomic mass is 16.3. The van der Waals surface area contributed by atoms with Crippen molar-refractivity contribution in [2.45, 2.75) is 33.1 Å². The summed E-state index contributed by atoms with van der Waals surface area (Å²) < 4.78 is 5.18. The maximum atomic E-state index is 5.18. The van der Waals surface area contributed by atoms with Crippen LogP contribution in [0.5, 0.6) is 0 Å². The van der Waals surface area contributed by atoms with Crippen LogP contribution in [-0.4, -0.2) is 4.98 Å². The molecule has 1 aromatic rings. The Labute approximate surface area is 61.3 Å². The van der Waals surface area contributed by atoms with Crippen LogP contribution in [-0.2, 0) is 12.8 Å². The Kier molecular flexibility index (Phi) is 2.49. The van der Waals surface area contributed by atoms with Gasteiger partial charge < -0.3 is 4.42 Å². The minimum absolute atomic E-state index is 0.978. The van der Waals surface area contributed by atoms with E-state index in [-0.39, 0.29) is 0 Å². The second-order valence-corrected chi connectivity index (χ2v) is 2.33. The fraction of sp³-hybridized carbons (Fsp3) is 0.625. The summed E-state index contributed by atoms with van der Waals surface area (Å²) in [7, 11) is 0. The second kappa shape index (κ2) is 3.40. The van der Waals surface area contributed by atoms with Crippen LogP contribution in [0.15, 0.2) is 10.8 Å². The summed E-state index contributed by atoms with van der Waals surface area (Å²) >= 11 is 0. The molecule has 0 amide bonds. The van der Waals surface area contributed by atoms with Gasteiger partial charge in [0, 0.05) is 6.42 Å². The molecule has 0 atom stereocenters. The van der Waals surface area contributed by atoms with Crippen LogP contribution in [0.2, 0.25) is 0 Å². The van der Waals surface area contributed by atoms with Gasteiger partial charge in [-0.25, -0.2) is 4.98 Å². The number of rotatable bonds is 3. The Morgan fingerprint density at radius 1 is 1.50 bits per heavy atom. The third-order valence-electron chi connectivity index (χ3n) is 1.54. The average Bonchev–Trinajstić information content (AvgIpc) is 2.36. The monoisotopic (exact) mass is 139 g/mol. The fourth-order valence-corrected chi connectivity index (χ4v) is 1.01. The highest BCUT2D eigenvalue weighted by molar-refractivity contribution is 5.06. The van der Waals surface area contributed by atoms with E-state index in [0.29, 0.717) is 0 Å². The summed E-state index contributed by atoms with van der Waals surface area (Å²) in [6.07, 6.45) is 4.65. The highest BCUT2D eigenvalue weighted by Crippen LogP contribution is 2.08. The normalized spacial score (nSPS) is 10.2. The zero-order valence-corrected chi connectivity index (χ0v) is 6.55. The van der Waals surface area contributed by atoms with E-state index >= 15 is 0 Å². The van der Waals surface area contributed by atoms with Crippen molar-refractivity contribution in [3.8, 4) is 0 Å². The number of nitrogens with zero attached hydrogens (tertiary/aromatic N) is 1. The summed E-state index contributed by atoms with van der Waals surface area (Å²) in [5.41, 5.74) is 1.11. The van der Waals surface area contributed by atoms with Gasteiger partial charge in [0.2, 0.25) is 0 Å². The van der Waals surface area contributed by atoms with E-state index in [2.05, 4.69) is 18.8 Å². The predicted octanol–water partition coefficient (Wildman–Crippen LogP) is 2.19. The first-order valence-electron chi connectivity index (χ1n) is 3.79. The van der Waals surface area contributed by atoms with Gasteiger partial charge in [-0.15, -0.1) is 0 Å². The first-order chi connectivity index (χ1) is 4.88. The first kappa shape index (κ1) is 7.32. The molecule has 1 rings (SSSR count). The first-order valence-corrected chi connectivity index (χ1v) is 3.79. The lowest BCUT2D eigenvalue weighted by Gasteiger charge is -1.92. The minimum Gasteiger partial charge on any atom is -0.448 e. The molecule has 0 unspecified atom stereocenters. The molecule has 0 saturated heterocycles. The highest BCUT2D eigenvalue weighted by Gasteiger charge is 2.02. The molecule has 0 bridgehead atoms. The lowest BCUT2D eigenvalue weighted by Crippen LogP contribution is -1.87. The van der Waals surface area contributed by atoms with Crippen molar-refractivity contribution >= 4 is 0 Å². The number of hydrogen-bond donors (Lipinski definition) is 0. The fourth-order valence-electron chi connectivity index (χ4n) is 1.01. The second-order valence-electron chi connectivity index (χ2n) is 2.33. The van der Waals surface area contributed by atoms with Crippen LogP contribution in [0.25, 0.3) is 0 Å². The molecule has 0 spiro atoms. The minimum atomic E-state index is 0.978. The molecule has 1 heterocycles. The lowest BCUT2D eigenvalue weighted by molar-refractivity contribution is 0.498. The quantitative estimate of drug-likeness (QED) is 0.641. The maximum absolute atomic E-state index is 5.18. The van der Waals surface area contributed by atoms with Gasteiger partial charge in [0.1, 0.15) is 5.76 Å². The van der Waals surface area contributed by atoms with Crippen LogP contribution < -0.4 is 0 Å². The van der Waals surface area contributed by atoms with E-state index in [9.17, 15) is 0 Å². The average molecular weight is 139 g/mol. The van der Waals surface area contributed by atoms with Gasteiger partial charge in [0.25, 0.3) is 0 Å². The van der Waals surface area contributed by atoms with Crippen LogP contribution in [0.3, 0.4) is 0 Å².